The minimum Gasteiger partial charge on any atom is -0.303 e. The van der Waals surface area contributed by atoms with Crippen molar-refractivity contribution < 1.29 is 9.59 Å². The van der Waals surface area contributed by atoms with E-state index in [1.54, 1.807) is 0 Å². The van der Waals surface area contributed by atoms with E-state index in [0.717, 1.165) is 19.1 Å². The number of carbonyl (C=O) groups excluding carboxylic acids is 2. The first-order valence-corrected chi connectivity index (χ1v) is 4.19. The van der Waals surface area contributed by atoms with Crippen LogP contribution in [0.2, 0.25) is 0 Å². The van der Waals surface area contributed by atoms with E-state index in [9.17, 15) is 9.59 Å². The van der Waals surface area contributed by atoms with Crippen molar-refractivity contribution in [3.05, 3.63) is 0 Å². The van der Waals surface area contributed by atoms with Crippen LogP contribution in [0, 0.1) is 11.8 Å². The summed E-state index contributed by atoms with van der Waals surface area (Å²) in [5.74, 6) is 1.25. The van der Waals surface area contributed by atoms with Gasteiger partial charge in [-0.2, -0.15) is 0 Å². The predicted molar refractivity (Wildman–Crippen MR) is 42.2 cm³/mol. The van der Waals surface area contributed by atoms with Gasteiger partial charge in [0.25, 0.3) is 0 Å². The van der Waals surface area contributed by atoms with Crippen molar-refractivity contribution in [2.75, 3.05) is 0 Å². The van der Waals surface area contributed by atoms with Gasteiger partial charge in [0.1, 0.15) is 12.1 Å². The normalized spacial score (nSPS) is 27.0. The highest BCUT2D eigenvalue weighted by atomic mass is 16.1. The Kier molecular flexibility index (Phi) is 2.80. The lowest BCUT2D eigenvalue weighted by molar-refractivity contribution is -0.118. The van der Waals surface area contributed by atoms with Crippen LogP contribution in [-0.2, 0) is 9.59 Å². The molecule has 0 aliphatic heterocycles. The smallest absolute Gasteiger partial charge is 0.133 e. The largest absolute Gasteiger partial charge is 0.303 e. The van der Waals surface area contributed by atoms with Crippen LogP contribution in [0.3, 0.4) is 0 Å². The van der Waals surface area contributed by atoms with E-state index in [2.05, 4.69) is 6.92 Å². The standard InChI is InChI=1S/C9H14O2/c1-7(4-5-10)8-2-3-9(11)6-8/h5,7-8H,2-4,6H2,1H3/t7-,8+/m1/s1. The number of carbonyl (C=O) groups is 2. The summed E-state index contributed by atoms with van der Waals surface area (Å²) >= 11 is 0. The molecule has 62 valence electrons. The molecule has 0 spiro atoms. The SMILES string of the molecule is C[C@H](CC=O)[C@H]1CCC(=O)C1. The van der Waals surface area contributed by atoms with Crippen molar-refractivity contribution in [2.45, 2.75) is 32.6 Å². The maximum Gasteiger partial charge on any atom is 0.133 e. The molecule has 0 aromatic carbocycles. The van der Waals surface area contributed by atoms with Gasteiger partial charge in [0, 0.05) is 19.3 Å². The maximum absolute atomic E-state index is 10.9. The highest BCUT2D eigenvalue weighted by molar-refractivity contribution is 5.80. The first kappa shape index (κ1) is 8.44. The van der Waals surface area contributed by atoms with Gasteiger partial charge >= 0.3 is 0 Å². The van der Waals surface area contributed by atoms with E-state index < -0.39 is 0 Å². The maximum atomic E-state index is 10.9. The minimum atomic E-state index is 0.368. The number of rotatable bonds is 3. The van der Waals surface area contributed by atoms with Gasteiger partial charge in [0.15, 0.2) is 0 Å². The molecule has 0 saturated heterocycles. The number of Topliss-reactive ketones (excluding diaryl/α,β-unsaturated/α-hetero) is 1. The molecule has 0 amide bonds. The van der Waals surface area contributed by atoms with E-state index in [-0.39, 0.29) is 0 Å². The average Bonchev–Trinajstić information content (AvgIpc) is 2.36. The fraction of sp³-hybridized carbons (Fsp3) is 0.778. The third-order valence-electron chi connectivity index (χ3n) is 2.56. The second-order valence-electron chi connectivity index (χ2n) is 3.42. The first-order valence-electron chi connectivity index (χ1n) is 4.19. The number of hydrogen-bond donors (Lipinski definition) is 0. The van der Waals surface area contributed by atoms with E-state index in [4.69, 9.17) is 0 Å². The van der Waals surface area contributed by atoms with Crippen LogP contribution in [0.25, 0.3) is 0 Å². The Morgan fingerprint density at radius 1 is 1.73 bits per heavy atom. The lowest BCUT2D eigenvalue weighted by atomic mass is 9.90. The summed E-state index contributed by atoms with van der Waals surface area (Å²) in [6.45, 7) is 2.05. The van der Waals surface area contributed by atoms with E-state index in [1.807, 2.05) is 0 Å². The van der Waals surface area contributed by atoms with Gasteiger partial charge in [-0.1, -0.05) is 6.92 Å². The third kappa shape index (κ3) is 2.14. The van der Waals surface area contributed by atoms with Crippen LogP contribution >= 0.6 is 0 Å². The van der Waals surface area contributed by atoms with Crippen molar-refractivity contribution in [3.8, 4) is 0 Å². The van der Waals surface area contributed by atoms with Crippen molar-refractivity contribution in [2.24, 2.45) is 11.8 Å². The molecule has 1 saturated carbocycles. The molecule has 0 radical (unpaired) electrons. The van der Waals surface area contributed by atoms with Crippen molar-refractivity contribution >= 4 is 12.1 Å². The third-order valence-corrected chi connectivity index (χ3v) is 2.56. The van der Waals surface area contributed by atoms with E-state index in [0.29, 0.717) is 30.5 Å². The van der Waals surface area contributed by atoms with Gasteiger partial charge < -0.3 is 4.79 Å². The summed E-state index contributed by atoms with van der Waals surface area (Å²) in [5.41, 5.74) is 0. The van der Waals surface area contributed by atoms with E-state index in [1.165, 1.54) is 0 Å². The van der Waals surface area contributed by atoms with Crippen LogP contribution in [-0.4, -0.2) is 12.1 Å². The van der Waals surface area contributed by atoms with Crippen molar-refractivity contribution in [3.63, 3.8) is 0 Å². The molecule has 0 unspecified atom stereocenters. The predicted octanol–water partition coefficient (Wildman–Crippen LogP) is 1.58. The highest BCUT2D eigenvalue weighted by Crippen LogP contribution is 2.30. The van der Waals surface area contributed by atoms with Crippen LogP contribution in [0.5, 0.6) is 0 Å². The molecular weight excluding hydrogens is 140 g/mol. The quantitative estimate of drug-likeness (QED) is 0.578. The molecule has 0 heterocycles. The summed E-state index contributed by atoms with van der Waals surface area (Å²) in [5, 5.41) is 0. The van der Waals surface area contributed by atoms with Crippen LogP contribution in [0.4, 0.5) is 0 Å². The van der Waals surface area contributed by atoms with Gasteiger partial charge in [-0.05, 0) is 18.3 Å². The van der Waals surface area contributed by atoms with Crippen molar-refractivity contribution in [1.29, 1.82) is 0 Å². The molecule has 0 N–H and O–H groups in total. The highest BCUT2D eigenvalue weighted by Gasteiger charge is 2.26. The van der Waals surface area contributed by atoms with Gasteiger partial charge in [-0.15, -0.1) is 0 Å². The fourth-order valence-corrected chi connectivity index (χ4v) is 1.67. The zero-order valence-corrected chi connectivity index (χ0v) is 6.88. The molecule has 1 aliphatic carbocycles. The van der Waals surface area contributed by atoms with Crippen LogP contribution in [0.1, 0.15) is 32.6 Å². The molecule has 2 heteroatoms. The summed E-state index contributed by atoms with van der Waals surface area (Å²) < 4.78 is 0. The molecular formula is C9H14O2. The lowest BCUT2D eigenvalue weighted by Gasteiger charge is -2.14. The van der Waals surface area contributed by atoms with Gasteiger partial charge in [-0.3, -0.25) is 4.79 Å². The topological polar surface area (TPSA) is 34.1 Å². The minimum absolute atomic E-state index is 0.368. The van der Waals surface area contributed by atoms with E-state index >= 15 is 0 Å². The molecule has 1 aliphatic rings. The number of hydrogen-bond acceptors (Lipinski definition) is 2. The van der Waals surface area contributed by atoms with Crippen LogP contribution < -0.4 is 0 Å². The number of ketones is 1. The van der Waals surface area contributed by atoms with Gasteiger partial charge in [0.2, 0.25) is 0 Å². The van der Waals surface area contributed by atoms with Gasteiger partial charge in [-0.25, -0.2) is 0 Å². The van der Waals surface area contributed by atoms with Crippen molar-refractivity contribution in [1.82, 2.24) is 0 Å². The summed E-state index contributed by atoms with van der Waals surface area (Å²) in [7, 11) is 0. The fourth-order valence-electron chi connectivity index (χ4n) is 1.67. The Bertz CT molecular complexity index is 163. The Morgan fingerprint density at radius 2 is 2.45 bits per heavy atom. The molecule has 0 aromatic rings. The second kappa shape index (κ2) is 3.65. The summed E-state index contributed by atoms with van der Waals surface area (Å²) in [6, 6.07) is 0. The Labute approximate surface area is 67.0 Å². The Morgan fingerprint density at radius 3 is 2.91 bits per heavy atom. The lowest BCUT2D eigenvalue weighted by Crippen LogP contribution is -2.08. The van der Waals surface area contributed by atoms with Crippen LogP contribution in [0.15, 0.2) is 0 Å². The first-order chi connectivity index (χ1) is 5.24. The summed E-state index contributed by atoms with van der Waals surface area (Å²) in [6.07, 6.45) is 3.99. The molecule has 0 aromatic heterocycles. The molecule has 2 atom stereocenters. The second-order valence-corrected chi connectivity index (χ2v) is 3.42. The molecule has 1 fully saturated rings. The Hall–Kier alpha value is -0.660. The summed E-state index contributed by atoms with van der Waals surface area (Å²) in [4.78, 5) is 21.0. The molecule has 0 bridgehead atoms. The zero-order valence-electron chi connectivity index (χ0n) is 6.88. The molecule has 2 nitrogen and oxygen atoms in total. The average molecular weight is 154 g/mol. The number of aldehydes is 1. The monoisotopic (exact) mass is 154 g/mol. The zero-order chi connectivity index (χ0) is 8.27. The van der Waals surface area contributed by atoms with Gasteiger partial charge in [0.05, 0.1) is 0 Å². The molecule has 11 heavy (non-hydrogen) atoms. The Balaban J connectivity index is 2.36. The molecule has 1 rings (SSSR count).